The van der Waals surface area contributed by atoms with E-state index in [0.717, 1.165) is 5.39 Å². The first-order chi connectivity index (χ1) is 8.79. The average Bonchev–Trinajstić information content (AvgIpc) is 3.00. The molecule has 3 rings (SSSR count). The Bertz CT molecular complexity index is 662. The predicted octanol–water partition coefficient (Wildman–Crippen LogP) is 2.36. The number of rotatable bonds is 3. The van der Waals surface area contributed by atoms with Gasteiger partial charge in [-0.3, -0.25) is 5.84 Å². The second-order valence-electron chi connectivity index (χ2n) is 3.88. The van der Waals surface area contributed by atoms with E-state index in [1.54, 1.807) is 18.5 Å². The number of hydrogen-bond acceptors (Lipinski definition) is 4. The number of para-hydroxylation sites is 1. The highest BCUT2D eigenvalue weighted by molar-refractivity contribution is 6.34. The summed E-state index contributed by atoms with van der Waals surface area (Å²) in [5.74, 6) is 6.90. The number of hydrazine groups is 1. The van der Waals surface area contributed by atoms with Gasteiger partial charge >= 0.3 is 0 Å². The second-order valence-corrected chi connectivity index (χ2v) is 4.29. The normalized spacial score (nSPS) is 13.0. The SMILES string of the molecule is NNC(c1ncc[nH]1)c1cc2cccc(Cl)c2o1. The summed E-state index contributed by atoms with van der Waals surface area (Å²) in [6, 6.07) is 7.16. The molecule has 2 aromatic heterocycles. The van der Waals surface area contributed by atoms with E-state index >= 15 is 0 Å². The van der Waals surface area contributed by atoms with Crippen molar-refractivity contribution >= 4 is 22.6 Å². The van der Waals surface area contributed by atoms with Gasteiger partial charge in [-0.1, -0.05) is 23.7 Å². The lowest BCUT2D eigenvalue weighted by Gasteiger charge is -2.09. The highest BCUT2D eigenvalue weighted by Gasteiger charge is 2.19. The first-order valence-corrected chi connectivity index (χ1v) is 5.81. The van der Waals surface area contributed by atoms with Crippen LogP contribution in [-0.4, -0.2) is 9.97 Å². The predicted molar refractivity (Wildman–Crippen MR) is 69.0 cm³/mol. The van der Waals surface area contributed by atoms with Crippen LogP contribution in [0.15, 0.2) is 41.1 Å². The van der Waals surface area contributed by atoms with E-state index in [1.165, 1.54) is 0 Å². The molecule has 1 aromatic carbocycles. The van der Waals surface area contributed by atoms with Gasteiger partial charge in [0.25, 0.3) is 0 Å². The quantitative estimate of drug-likeness (QED) is 0.500. The summed E-state index contributed by atoms with van der Waals surface area (Å²) in [4.78, 5) is 7.16. The van der Waals surface area contributed by atoms with Crippen LogP contribution in [0, 0.1) is 0 Å². The zero-order valence-electron chi connectivity index (χ0n) is 9.35. The summed E-state index contributed by atoms with van der Waals surface area (Å²) in [6.07, 6.45) is 3.39. The zero-order chi connectivity index (χ0) is 12.5. The van der Waals surface area contributed by atoms with Crippen LogP contribution in [0.1, 0.15) is 17.6 Å². The maximum absolute atomic E-state index is 6.07. The third-order valence-corrected chi connectivity index (χ3v) is 3.06. The Labute approximate surface area is 108 Å². The fourth-order valence-corrected chi connectivity index (χ4v) is 2.14. The lowest BCUT2D eigenvalue weighted by molar-refractivity contribution is 0.466. The maximum atomic E-state index is 6.07. The Hall–Kier alpha value is -1.82. The molecule has 0 bridgehead atoms. The van der Waals surface area contributed by atoms with Crippen LogP contribution in [0.4, 0.5) is 0 Å². The largest absolute Gasteiger partial charge is 0.457 e. The summed E-state index contributed by atoms with van der Waals surface area (Å²) in [5.41, 5.74) is 3.32. The average molecular weight is 263 g/mol. The van der Waals surface area contributed by atoms with Gasteiger partial charge in [0.2, 0.25) is 0 Å². The maximum Gasteiger partial charge on any atom is 0.152 e. The number of aromatic amines is 1. The zero-order valence-corrected chi connectivity index (χ0v) is 10.1. The molecule has 92 valence electrons. The van der Waals surface area contributed by atoms with Gasteiger partial charge in [0.05, 0.1) is 5.02 Å². The van der Waals surface area contributed by atoms with Gasteiger partial charge in [0.15, 0.2) is 5.58 Å². The summed E-state index contributed by atoms with van der Waals surface area (Å²) < 4.78 is 5.74. The third-order valence-electron chi connectivity index (χ3n) is 2.76. The molecule has 0 spiro atoms. The Morgan fingerprint density at radius 3 is 3.00 bits per heavy atom. The van der Waals surface area contributed by atoms with E-state index < -0.39 is 0 Å². The summed E-state index contributed by atoms with van der Waals surface area (Å²) >= 11 is 6.07. The second kappa shape index (κ2) is 4.45. The number of nitrogens with two attached hydrogens (primary N) is 1. The number of nitrogens with zero attached hydrogens (tertiary/aromatic N) is 1. The topological polar surface area (TPSA) is 79.9 Å². The van der Waals surface area contributed by atoms with E-state index in [0.29, 0.717) is 22.2 Å². The molecule has 0 saturated heterocycles. The Balaban J connectivity index is 2.11. The molecule has 0 fully saturated rings. The van der Waals surface area contributed by atoms with Crippen LogP contribution in [-0.2, 0) is 0 Å². The van der Waals surface area contributed by atoms with Gasteiger partial charge in [-0.2, -0.15) is 0 Å². The van der Waals surface area contributed by atoms with Gasteiger partial charge < -0.3 is 9.40 Å². The van der Waals surface area contributed by atoms with Crippen molar-refractivity contribution < 1.29 is 4.42 Å². The molecule has 4 N–H and O–H groups in total. The Morgan fingerprint density at radius 2 is 2.33 bits per heavy atom. The Kier molecular flexibility index (Phi) is 2.79. The fourth-order valence-electron chi connectivity index (χ4n) is 1.92. The fraction of sp³-hybridized carbons (Fsp3) is 0.0833. The monoisotopic (exact) mass is 262 g/mol. The van der Waals surface area contributed by atoms with E-state index in [9.17, 15) is 0 Å². The highest BCUT2D eigenvalue weighted by Crippen LogP contribution is 2.30. The van der Waals surface area contributed by atoms with Crippen LogP contribution >= 0.6 is 11.6 Å². The molecule has 0 amide bonds. The highest BCUT2D eigenvalue weighted by atomic mass is 35.5. The van der Waals surface area contributed by atoms with E-state index in [1.807, 2.05) is 18.2 Å². The third kappa shape index (κ3) is 1.78. The number of aromatic nitrogens is 2. The van der Waals surface area contributed by atoms with Crippen molar-refractivity contribution in [2.45, 2.75) is 6.04 Å². The lowest BCUT2D eigenvalue weighted by Crippen LogP contribution is -2.29. The standard InChI is InChI=1S/C12H11ClN4O/c13-8-3-1-2-7-6-9(18-11(7)8)10(17-14)12-15-4-5-16-12/h1-6,10,17H,14H2,(H,15,16). The molecule has 1 atom stereocenters. The van der Waals surface area contributed by atoms with Crippen LogP contribution < -0.4 is 11.3 Å². The summed E-state index contributed by atoms with van der Waals surface area (Å²) in [7, 11) is 0. The number of imidazole rings is 1. The van der Waals surface area contributed by atoms with Gasteiger partial charge in [-0.05, 0) is 12.1 Å². The van der Waals surface area contributed by atoms with Crippen molar-refractivity contribution in [1.29, 1.82) is 0 Å². The number of furan rings is 1. The van der Waals surface area contributed by atoms with Crippen molar-refractivity contribution in [3.63, 3.8) is 0 Å². The van der Waals surface area contributed by atoms with Crippen LogP contribution in [0.5, 0.6) is 0 Å². The molecular weight excluding hydrogens is 252 g/mol. The van der Waals surface area contributed by atoms with Gasteiger partial charge in [-0.15, -0.1) is 0 Å². The molecule has 1 unspecified atom stereocenters. The van der Waals surface area contributed by atoms with Gasteiger partial charge in [0, 0.05) is 17.8 Å². The molecule has 5 nitrogen and oxygen atoms in total. The molecule has 0 radical (unpaired) electrons. The van der Waals surface area contributed by atoms with E-state index in [-0.39, 0.29) is 6.04 Å². The first kappa shape index (κ1) is 11.3. The smallest absolute Gasteiger partial charge is 0.152 e. The minimum Gasteiger partial charge on any atom is -0.457 e. The molecule has 0 aliphatic heterocycles. The van der Waals surface area contributed by atoms with Crippen molar-refractivity contribution in [2.24, 2.45) is 5.84 Å². The van der Waals surface area contributed by atoms with Crippen molar-refractivity contribution in [3.8, 4) is 0 Å². The van der Waals surface area contributed by atoms with Gasteiger partial charge in [0.1, 0.15) is 17.6 Å². The van der Waals surface area contributed by atoms with Crippen LogP contribution in [0.25, 0.3) is 11.0 Å². The number of benzene rings is 1. The summed E-state index contributed by atoms with van der Waals surface area (Å²) in [5, 5.41) is 1.51. The van der Waals surface area contributed by atoms with Gasteiger partial charge in [-0.25, -0.2) is 10.4 Å². The van der Waals surface area contributed by atoms with E-state index in [4.69, 9.17) is 21.9 Å². The molecule has 3 aromatic rings. The number of nitrogens with one attached hydrogen (secondary N) is 2. The molecule has 0 saturated carbocycles. The molecular formula is C12H11ClN4O. The molecule has 0 aliphatic carbocycles. The number of hydrogen-bond donors (Lipinski definition) is 3. The molecule has 6 heteroatoms. The lowest BCUT2D eigenvalue weighted by atomic mass is 10.2. The minimum atomic E-state index is -0.330. The molecule has 2 heterocycles. The van der Waals surface area contributed by atoms with Crippen LogP contribution in [0.3, 0.4) is 0 Å². The molecule has 0 aliphatic rings. The van der Waals surface area contributed by atoms with Crippen LogP contribution in [0.2, 0.25) is 5.02 Å². The van der Waals surface area contributed by atoms with Crippen molar-refractivity contribution in [1.82, 2.24) is 15.4 Å². The van der Waals surface area contributed by atoms with Crippen molar-refractivity contribution in [3.05, 3.63) is 53.3 Å². The summed E-state index contributed by atoms with van der Waals surface area (Å²) in [6.45, 7) is 0. The number of H-pyrrole nitrogens is 1. The molecule has 18 heavy (non-hydrogen) atoms. The number of halogens is 1. The first-order valence-electron chi connectivity index (χ1n) is 5.43. The minimum absolute atomic E-state index is 0.330. The Morgan fingerprint density at radius 1 is 1.44 bits per heavy atom. The van der Waals surface area contributed by atoms with E-state index in [2.05, 4.69) is 15.4 Å². The van der Waals surface area contributed by atoms with Crippen molar-refractivity contribution in [2.75, 3.05) is 0 Å². The number of fused-ring (bicyclic) bond motifs is 1.